The molecule has 0 radical (unpaired) electrons. The van der Waals surface area contributed by atoms with Gasteiger partial charge >= 0.3 is 0 Å². The molecular weight excluding hydrogens is 390 g/mol. The zero-order valence-electron chi connectivity index (χ0n) is 17.4. The van der Waals surface area contributed by atoms with Crippen LogP contribution >= 0.6 is 0 Å². The van der Waals surface area contributed by atoms with Crippen LogP contribution < -0.4 is 20.3 Å². The summed E-state index contributed by atoms with van der Waals surface area (Å²) in [5.74, 6) is 0.814. The highest BCUT2D eigenvalue weighted by molar-refractivity contribution is 5.89. The van der Waals surface area contributed by atoms with Crippen molar-refractivity contribution in [3.63, 3.8) is 0 Å². The second kappa shape index (κ2) is 9.33. The number of nitrogens with one attached hydrogen (secondary N) is 1. The van der Waals surface area contributed by atoms with E-state index in [1.54, 1.807) is 12.1 Å². The highest BCUT2D eigenvalue weighted by atomic mass is 16.5. The van der Waals surface area contributed by atoms with Gasteiger partial charge in [-0.3, -0.25) is 9.59 Å². The van der Waals surface area contributed by atoms with Gasteiger partial charge in [0, 0.05) is 0 Å². The molecule has 0 saturated carbocycles. The highest BCUT2D eigenvalue weighted by Gasteiger charge is 2.16. The number of hydrogen-bond donors (Lipinski definition) is 1. The van der Waals surface area contributed by atoms with Gasteiger partial charge < -0.3 is 14.8 Å². The van der Waals surface area contributed by atoms with Crippen LogP contribution in [0.25, 0.3) is 5.65 Å². The Morgan fingerprint density at radius 3 is 2.57 bits per heavy atom. The zero-order valence-corrected chi connectivity index (χ0v) is 17.4. The molecule has 160 valence electrons. The Balaban J connectivity index is 1.76. The Kier molecular flexibility index (Phi) is 6.60. The minimum Gasteiger partial charge on any atom is -0.488 e. The Morgan fingerprint density at radius 2 is 1.83 bits per heavy atom. The molecule has 1 amide bonds. The number of hydrogen-bond acceptors (Lipinski definition) is 8. The summed E-state index contributed by atoms with van der Waals surface area (Å²) in [7, 11) is 0. The summed E-state index contributed by atoms with van der Waals surface area (Å²) < 4.78 is 13.8. The first-order chi connectivity index (χ1) is 14.3. The highest BCUT2D eigenvalue weighted by Crippen LogP contribution is 2.23. The van der Waals surface area contributed by atoms with Crippen LogP contribution in [0.4, 0.5) is 5.82 Å². The lowest BCUT2D eigenvalue weighted by Crippen LogP contribution is -2.30. The number of aromatic nitrogens is 6. The molecule has 3 aromatic heterocycles. The van der Waals surface area contributed by atoms with Crippen LogP contribution in [0.1, 0.15) is 27.7 Å². The standard InChI is InChI=1S/C19H25N7O4/c1-12(2)9-29-14-7-18(28)25(24-19(14)30-10-13(3)4)8-17(27)21-15-5-6-16-22-20-11-26(16)23-15/h5-7,11-13H,8-10H2,1-4H3,(H,21,23,27). The molecule has 11 heteroatoms. The number of nitrogens with zero attached hydrogens (tertiary/aromatic N) is 6. The van der Waals surface area contributed by atoms with E-state index in [1.807, 2.05) is 27.7 Å². The van der Waals surface area contributed by atoms with Crippen molar-refractivity contribution in [2.24, 2.45) is 11.8 Å². The molecule has 3 aromatic rings. The number of carbonyl (C=O) groups is 1. The van der Waals surface area contributed by atoms with Crippen molar-refractivity contribution in [3.05, 3.63) is 34.9 Å². The average Bonchev–Trinajstić information content (AvgIpc) is 3.14. The average molecular weight is 415 g/mol. The lowest BCUT2D eigenvalue weighted by Gasteiger charge is -2.15. The molecule has 0 aliphatic heterocycles. The summed E-state index contributed by atoms with van der Waals surface area (Å²) in [5.41, 5.74) is 0.0813. The van der Waals surface area contributed by atoms with Gasteiger partial charge in [0.1, 0.15) is 12.9 Å². The molecule has 0 aliphatic carbocycles. The van der Waals surface area contributed by atoms with E-state index < -0.39 is 11.5 Å². The van der Waals surface area contributed by atoms with E-state index in [4.69, 9.17) is 9.47 Å². The number of anilines is 1. The van der Waals surface area contributed by atoms with Crippen LogP contribution in [0, 0.1) is 11.8 Å². The van der Waals surface area contributed by atoms with Crippen LogP contribution in [-0.4, -0.2) is 48.7 Å². The maximum absolute atomic E-state index is 12.5. The maximum atomic E-state index is 12.5. The third kappa shape index (κ3) is 5.52. The quantitative estimate of drug-likeness (QED) is 0.556. The molecule has 0 unspecified atom stereocenters. The molecule has 11 nitrogen and oxygen atoms in total. The van der Waals surface area contributed by atoms with Gasteiger partial charge in [-0.2, -0.15) is 4.52 Å². The maximum Gasteiger partial charge on any atom is 0.274 e. The lowest BCUT2D eigenvalue weighted by atomic mass is 10.2. The van der Waals surface area contributed by atoms with Gasteiger partial charge in [-0.25, -0.2) is 4.68 Å². The Labute approximate surface area is 173 Å². The summed E-state index contributed by atoms with van der Waals surface area (Å²) >= 11 is 0. The number of amides is 1. The van der Waals surface area contributed by atoms with Crippen molar-refractivity contribution in [2.45, 2.75) is 34.2 Å². The number of rotatable bonds is 9. The van der Waals surface area contributed by atoms with Gasteiger partial charge in [-0.05, 0) is 24.0 Å². The summed E-state index contributed by atoms with van der Waals surface area (Å²) in [4.78, 5) is 24.9. The van der Waals surface area contributed by atoms with Gasteiger partial charge in [-0.1, -0.05) is 27.7 Å². The van der Waals surface area contributed by atoms with Crippen LogP contribution in [-0.2, 0) is 11.3 Å². The van der Waals surface area contributed by atoms with Crippen molar-refractivity contribution in [3.8, 4) is 11.6 Å². The fourth-order valence-electron chi connectivity index (χ4n) is 2.39. The van der Waals surface area contributed by atoms with Crippen molar-refractivity contribution in [1.82, 2.24) is 29.6 Å². The molecule has 0 spiro atoms. The Hall–Kier alpha value is -3.50. The number of ether oxygens (including phenoxy) is 2. The second-order valence-corrected chi connectivity index (χ2v) is 7.62. The summed E-state index contributed by atoms with van der Waals surface area (Å²) in [6.07, 6.45) is 1.42. The monoisotopic (exact) mass is 415 g/mol. The van der Waals surface area contributed by atoms with Crippen molar-refractivity contribution in [1.29, 1.82) is 0 Å². The summed E-state index contributed by atoms with van der Waals surface area (Å²) in [6.45, 7) is 8.51. The van der Waals surface area contributed by atoms with E-state index in [0.717, 1.165) is 4.68 Å². The predicted molar refractivity (Wildman–Crippen MR) is 109 cm³/mol. The second-order valence-electron chi connectivity index (χ2n) is 7.62. The molecule has 30 heavy (non-hydrogen) atoms. The predicted octanol–water partition coefficient (Wildman–Crippen LogP) is 1.39. The van der Waals surface area contributed by atoms with Gasteiger partial charge in [-0.15, -0.1) is 20.4 Å². The first-order valence-electron chi connectivity index (χ1n) is 9.66. The van der Waals surface area contributed by atoms with Crippen LogP contribution in [0.3, 0.4) is 0 Å². The van der Waals surface area contributed by atoms with E-state index in [-0.39, 0.29) is 30.0 Å². The van der Waals surface area contributed by atoms with Gasteiger partial charge in [0.05, 0.1) is 19.3 Å². The molecular formula is C19H25N7O4. The summed E-state index contributed by atoms with van der Waals surface area (Å²) in [6, 6.07) is 4.55. The minimum atomic E-state index is -0.469. The van der Waals surface area contributed by atoms with Crippen molar-refractivity contribution >= 4 is 17.4 Å². The fourth-order valence-corrected chi connectivity index (χ4v) is 2.39. The van der Waals surface area contributed by atoms with Gasteiger partial charge in [0.25, 0.3) is 11.4 Å². The van der Waals surface area contributed by atoms with Crippen LogP contribution in [0.15, 0.2) is 29.3 Å². The third-order valence-electron chi connectivity index (χ3n) is 3.78. The molecule has 0 fully saturated rings. The van der Waals surface area contributed by atoms with Crippen molar-refractivity contribution in [2.75, 3.05) is 18.5 Å². The van der Waals surface area contributed by atoms with E-state index in [0.29, 0.717) is 24.7 Å². The van der Waals surface area contributed by atoms with E-state index in [1.165, 1.54) is 16.9 Å². The Bertz CT molecular complexity index is 1070. The topological polar surface area (TPSA) is 126 Å². The first kappa shape index (κ1) is 21.2. The van der Waals surface area contributed by atoms with Crippen molar-refractivity contribution < 1.29 is 14.3 Å². The SMILES string of the molecule is CC(C)COc1cc(=O)n(CC(=O)Nc2ccc3nncn3n2)nc1OCC(C)C. The van der Waals surface area contributed by atoms with Crippen LogP contribution in [0.5, 0.6) is 11.6 Å². The smallest absolute Gasteiger partial charge is 0.274 e. The molecule has 0 aromatic carbocycles. The minimum absolute atomic E-state index is 0.181. The molecule has 0 atom stereocenters. The largest absolute Gasteiger partial charge is 0.488 e. The van der Waals surface area contributed by atoms with E-state index in [2.05, 4.69) is 25.7 Å². The fraction of sp³-hybridized carbons (Fsp3) is 0.474. The van der Waals surface area contributed by atoms with Crippen LogP contribution in [0.2, 0.25) is 0 Å². The molecule has 3 rings (SSSR count). The van der Waals surface area contributed by atoms with Gasteiger partial charge in [0.2, 0.25) is 5.91 Å². The summed E-state index contributed by atoms with van der Waals surface area (Å²) in [5, 5.41) is 18.6. The number of carbonyl (C=O) groups excluding carboxylic acids is 1. The van der Waals surface area contributed by atoms with E-state index in [9.17, 15) is 9.59 Å². The Morgan fingerprint density at radius 1 is 1.10 bits per heavy atom. The molecule has 3 heterocycles. The van der Waals surface area contributed by atoms with E-state index >= 15 is 0 Å². The molecule has 0 saturated heterocycles. The number of fused-ring (bicyclic) bond motifs is 1. The first-order valence-corrected chi connectivity index (χ1v) is 9.66. The normalized spacial score (nSPS) is 11.3. The third-order valence-corrected chi connectivity index (χ3v) is 3.78. The molecule has 0 aliphatic rings. The molecule has 1 N–H and O–H groups in total. The van der Waals surface area contributed by atoms with Gasteiger partial charge in [0.15, 0.2) is 17.2 Å². The zero-order chi connectivity index (χ0) is 21.7. The molecule has 0 bridgehead atoms. The lowest BCUT2D eigenvalue weighted by molar-refractivity contribution is -0.117.